The highest BCUT2D eigenvalue weighted by molar-refractivity contribution is 5.91. The summed E-state index contributed by atoms with van der Waals surface area (Å²) in [5.74, 6) is 7.26. The Balaban J connectivity index is 1.59. The van der Waals surface area contributed by atoms with Gasteiger partial charge in [-0.1, -0.05) is 30.2 Å². The molecule has 0 fully saturated rings. The fourth-order valence-electron chi connectivity index (χ4n) is 3.30. The maximum absolute atomic E-state index is 13.3. The summed E-state index contributed by atoms with van der Waals surface area (Å²) in [6.45, 7) is 0.850. The van der Waals surface area contributed by atoms with Crippen LogP contribution in [0, 0.1) is 12.3 Å². The second-order valence-corrected chi connectivity index (χ2v) is 7.51. The minimum atomic E-state index is -4.63. The van der Waals surface area contributed by atoms with E-state index in [-0.39, 0.29) is 18.0 Å². The molecule has 0 radical (unpaired) electrons. The number of hydrogen-bond acceptors (Lipinski definition) is 8. The van der Waals surface area contributed by atoms with Crippen molar-refractivity contribution in [1.82, 2.24) is 15.4 Å². The first-order chi connectivity index (χ1) is 17.3. The van der Waals surface area contributed by atoms with Gasteiger partial charge in [0.2, 0.25) is 5.82 Å². The minimum absolute atomic E-state index is 0.117. The summed E-state index contributed by atoms with van der Waals surface area (Å²) in [5.41, 5.74) is 1.14. The van der Waals surface area contributed by atoms with Gasteiger partial charge < -0.3 is 9.47 Å². The quantitative estimate of drug-likeness (QED) is 0.153. The van der Waals surface area contributed by atoms with E-state index >= 15 is 0 Å². The van der Waals surface area contributed by atoms with Crippen molar-refractivity contribution in [3.63, 3.8) is 0 Å². The van der Waals surface area contributed by atoms with Crippen molar-refractivity contribution in [2.45, 2.75) is 11.8 Å². The number of nitrogens with zero attached hydrogens (tertiary/aromatic N) is 4. The topological polar surface area (TPSA) is 124 Å². The number of hydrazine groups is 1. The number of ether oxygens (including phenoxy) is 2. The summed E-state index contributed by atoms with van der Waals surface area (Å²) in [6, 6.07) is 13.9. The van der Waals surface area contributed by atoms with Crippen LogP contribution in [0.1, 0.15) is 16.2 Å². The van der Waals surface area contributed by atoms with Crippen molar-refractivity contribution in [2.24, 2.45) is 16.1 Å². The first kappa shape index (κ1) is 24.8. The van der Waals surface area contributed by atoms with Gasteiger partial charge in [-0.2, -0.15) is 13.2 Å². The molecule has 1 amide bonds. The number of nitrogens with two attached hydrogens (primary N) is 1. The van der Waals surface area contributed by atoms with Crippen LogP contribution in [0.3, 0.4) is 0 Å². The highest BCUT2D eigenvalue weighted by Gasteiger charge is 2.65. The first-order valence-electron chi connectivity index (χ1n) is 10.5. The van der Waals surface area contributed by atoms with Crippen LogP contribution in [-0.4, -0.2) is 41.9 Å². The van der Waals surface area contributed by atoms with Gasteiger partial charge in [0.15, 0.2) is 0 Å². The average molecular weight is 496 g/mol. The van der Waals surface area contributed by atoms with Gasteiger partial charge >= 0.3 is 17.7 Å². The molecule has 2 aromatic carbocycles. The Kier molecular flexibility index (Phi) is 6.96. The number of amides is 1. The Hall–Kier alpha value is -4.34. The molecule has 3 aromatic rings. The molecule has 0 bridgehead atoms. The number of rotatable bonds is 9. The molecule has 0 aliphatic carbocycles. The molecule has 9 nitrogen and oxygen atoms in total. The minimum Gasteiger partial charge on any atom is -0.491 e. The van der Waals surface area contributed by atoms with Crippen LogP contribution < -0.4 is 16.0 Å². The SMILES string of the molecule is C#CCOCCOc1ccc(-c2cc(-c3ccc(C4(C(F)(F)F)N=N4)cc3)nc(C(=O)NN)n2)cc1. The number of carbonyl (C=O) groups excluding carboxylic acids is 1. The predicted octanol–water partition coefficient (Wildman–Crippen LogP) is 3.62. The summed E-state index contributed by atoms with van der Waals surface area (Å²) in [5, 5.41) is 6.40. The molecule has 0 unspecified atom stereocenters. The lowest BCUT2D eigenvalue weighted by Crippen LogP contribution is -2.31. The van der Waals surface area contributed by atoms with E-state index in [0.29, 0.717) is 41.5 Å². The molecule has 1 aliphatic rings. The zero-order chi connectivity index (χ0) is 25.8. The van der Waals surface area contributed by atoms with E-state index in [4.69, 9.17) is 21.7 Å². The Morgan fingerprint density at radius 3 is 2.08 bits per heavy atom. The summed E-state index contributed by atoms with van der Waals surface area (Å²) >= 11 is 0. The van der Waals surface area contributed by atoms with E-state index in [2.05, 4.69) is 26.1 Å². The second-order valence-electron chi connectivity index (χ2n) is 7.51. The molecule has 184 valence electrons. The van der Waals surface area contributed by atoms with Gasteiger partial charge in [0.1, 0.15) is 19.0 Å². The van der Waals surface area contributed by atoms with Crippen LogP contribution in [0.2, 0.25) is 0 Å². The molecule has 4 rings (SSSR count). The predicted molar refractivity (Wildman–Crippen MR) is 122 cm³/mol. The number of nitrogen functional groups attached to an aromatic ring is 1. The van der Waals surface area contributed by atoms with Gasteiger partial charge in [0.25, 0.3) is 0 Å². The summed E-state index contributed by atoms with van der Waals surface area (Å²) in [4.78, 5) is 20.7. The molecule has 0 spiro atoms. The van der Waals surface area contributed by atoms with E-state index in [0.717, 1.165) is 0 Å². The molecular formula is C24H19F3N6O3. The van der Waals surface area contributed by atoms with Gasteiger partial charge in [-0.25, -0.2) is 15.8 Å². The lowest BCUT2D eigenvalue weighted by Gasteiger charge is -2.15. The largest absolute Gasteiger partial charge is 0.491 e. The first-order valence-corrected chi connectivity index (χ1v) is 10.5. The van der Waals surface area contributed by atoms with Crippen LogP contribution >= 0.6 is 0 Å². The second kappa shape index (κ2) is 10.1. The van der Waals surface area contributed by atoms with Crippen LogP contribution in [0.4, 0.5) is 13.2 Å². The van der Waals surface area contributed by atoms with Crippen LogP contribution in [0.25, 0.3) is 22.5 Å². The molecule has 3 N–H and O–H groups in total. The molecule has 12 heteroatoms. The van der Waals surface area contributed by atoms with Crippen molar-refractivity contribution >= 4 is 5.91 Å². The van der Waals surface area contributed by atoms with Crippen molar-refractivity contribution in [3.8, 4) is 40.6 Å². The van der Waals surface area contributed by atoms with Crippen molar-refractivity contribution in [2.75, 3.05) is 19.8 Å². The van der Waals surface area contributed by atoms with Crippen molar-refractivity contribution in [3.05, 3.63) is 66.0 Å². The molecule has 1 aromatic heterocycles. The molecule has 36 heavy (non-hydrogen) atoms. The molecule has 0 saturated carbocycles. The maximum atomic E-state index is 13.3. The third-order valence-corrected chi connectivity index (χ3v) is 5.17. The van der Waals surface area contributed by atoms with E-state index in [1.807, 2.05) is 5.43 Å². The van der Waals surface area contributed by atoms with E-state index < -0.39 is 17.7 Å². The number of halogens is 3. The Morgan fingerprint density at radius 1 is 1.00 bits per heavy atom. The monoisotopic (exact) mass is 496 g/mol. The number of alkyl halides is 3. The zero-order valence-corrected chi connectivity index (χ0v) is 18.6. The number of hydrogen-bond donors (Lipinski definition) is 2. The fraction of sp³-hybridized carbons (Fsp3) is 0.208. The number of nitrogens with one attached hydrogen (secondary N) is 1. The Labute approximate surface area is 203 Å². The molecular weight excluding hydrogens is 477 g/mol. The number of carbonyl (C=O) groups is 1. The van der Waals surface area contributed by atoms with Crippen LogP contribution in [-0.2, 0) is 10.4 Å². The third-order valence-electron chi connectivity index (χ3n) is 5.17. The van der Waals surface area contributed by atoms with Crippen molar-refractivity contribution < 1.29 is 27.4 Å². The average Bonchev–Trinajstić information content (AvgIpc) is 3.71. The number of terminal acetylenes is 1. The third kappa shape index (κ3) is 5.17. The molecule has 0 atom stereocenters. The fourth-order valence-corrected chi connectivity index (χ4v) is 3.30. The van der Waals surface area contributed by atoms with Crippen molar-refractivity contribution in [1.29, 1.82) is 0 Å². The molecule has 2 heterocycles. The van der Waals surface area contributed by atoms with E-state index in [1.165, 1.54) is 24.3 Å². The Morgan fingerprint density at radius 2 is 1.58 bits per heavy atom. The lowest BCUT2D eigenvalue weighted by molar-refractivity contribution is -0.166. The standard InChI is InChI=1S/C24H19F3N6O3/c1-2-11-35-12-13-36-18-9-5-16(6-10-18)20-14-19(29-21(30-20)22(34)31-28)15-3-7-17(8-4-15)23(32-33-23)24(25,26)27/h1,3-10,14H,11-13,28H2,(H,31,34). The Bertz CT molecular complexity index is 1310. The zero-order valence-electron chi connectivity index (χ0n) is 18.6. The van der Waals surface area contributed by atoms with Gasteiger partial charge in [0, 0.05) is 16.7 Å². The maximum Gasteiger partial charge on any atom is 0.442 e. The smallest absolute Gasteiger partial charge is 0.442 e. The summed E-state index contributed by atoms with van der Waals surface area (Å²) in [6.07, 6.45) is 0.483. The van der Waals surface area contributed by atoms with Gasteiger partial charge in [0.05, 0.1) is 18.0 Å². The highest BCUT2D eigenvalue weighted by Crippen LogP contribution is 2.52. The van der Waals surface area contributed by atoms with Gasteiger partial charge in [-0.15, -0.1) is 16.7 Å². The van der Waals surface area contributed by atoms with E-state index in [1.54, 1.807) is 30.3 Å². The summed E-state index contributed by atoms with van der Waals surface area (Å²) < 4.78 is 50.6. The number of aromatic nitrogens is 2. The summed E-state index contributed by atoms with van der Waals surface area (Å²) in [7, 11) is 0. The lowest BCUT2D eigenvalue weighted by atomic mass is 9.99. The van der Waals surface area contributed by atoms with Gasteiger partial charge in [-0.3, -0.25) is 10.2 Å². The van der Waals surface area contributed by atoms with E-state index in [9.17, 15) is 18.0 Å². The van der Waals surface area contributed by atoms with Gasteiger partial charge in [-0.05, 0) is 30.3 Å². The molecule has 1 aliphatic heterocycles. The normalized spacial score (nSPS) is 13.6. The highest BCUT2D eigenvalue weighted by atomic mass is 19.4. The van der Waals surface area contributed by atoms with Crippen LogP contribution in [0.5, 0.6) is 5.75 Å². The molecule has 0 saturated heterocycles. The van der Waals surface area contributed by atoms with Crippen LogP contribution in [0.15, 0.2) is 64.8 Å². The number of benzene rings is 2.